The summed E-state index contributed by atoms with van der Waals surface area (Å²) in [6.45, 7) is 6.07. The van der Waals surface area contributed by atoms with Crippen LogP contribution in [0.1, 0.15) is 19.5 Å². The number of rotatable bonds is 7. The molecule has 0 spiro atoms. The van der Waals surface area contributed by atoms with Gasteiger partial charge in [0.2, 0.25) is 11.8 Å². The number of aliphatic hydroxyl groups excluding tert-OH is 1. The van der Waals surface area contributed by atoms with Crippen LogP contribution >= 0.6 is 0 Å². The highest BCUT2D eigenvalue weighted by molar-refractivity contribution is 5.31. The molecule has 1 rings (SSSR count). The first kappa shape index (κ1) is 14.7. The maximum atomic E-state index is 9.17. The van der Waals surface area contributed by atoms with E-state index in [4.69, 9.17) is 9.47 Å². The number of hydrogen-bond acceptors (Lipinski definition) is 6. The lowest BCUT2D eigenvalue weighted by atomic mass is 10.3. The van der Waals surface area contributed by atoms with Gasteiger partial charge in [0.1, 0.15) is 0 Å². The molecule has 1 heterocycles. The molecule has 6 nitrogen and oxygen atoms in total. The van der Waals surface area contributed by atoms with Gasteiger partial charge in [-0.25, -0.2) is 4.98 Å². The molecule has 0 aliphatic heterocycles. The number of nitrogens with one attached hydrogen (secondary N) is 1. The Balaban J connectivity index is 2.78. The SMILES string of the molecule is COCC(CO)Nc1nc(C)cc(OC(C)C)n1. The smallest absolute Gasteiger partial charge is 0.226 e. The van der Waals surface area contributed by atoms with E-state index in [-0.39, 0.29) is 18.8 Å². The van der Waals surface area contributed by atoms with E-state index < -0.39 is 0 Å². The Labute approximate surface area is 107 Å². The molecule has 1 aromatic rings. The summed E-state index contributed by atoms with van der Waals surface area (Å²) >= 11 is 0. The Morgan fingerprint density at radius 2 is 2.11 bits per heavy atom. The molecule has 0 radical (unpaired) electrons. The number of aliphatic hydroxyl groups is 1. The van der Waals surface area contributed by atoms with Gasteiger partial charge in [0.15, 0.2) is 0 Å². The number of aryl methyl sites for hydroxylation is 1. The molecule has 0 fully saturated rings. The van der Waals surface area contributed by atoms with Gasteiger partial charge < -0.3 is 19.9 Å². The van der Waals surface area contributed by atoms with Crippen LogP contribution in [0.2, 0.25) is 0 Å². The standard InChI is InChI=1S/C12H21N3O3/c1-8(2)18-11-5-9(3)13-12(15-11)14-10(6-16)7-17-4/h5,8,10,16H,6-7H2,1-4H3,(H,13,14,15). The minimum absolute atomic E-state index is 0.0501. The first-order chi connectivity index (χ1) is 8.55. The fourth-order valence-electron chi connectivity index (χ4n) is 1.43. The van der Waals surface area contributed by atoms with Crippen LogP contribution in [0.25, 0.3) is 0 Å². The quantitative estimate of drug-likeness (QED) is 0.756. The molecule has 0 saturated carbocycles. The molecular weight excluding hydrogens is 234 g/mol. The van der Waals surface area contributed by atoms with Gasteiger partial charge in [0.25, 0.3) is 0 Å². The van der Waals surface area contributed by atoms with E-state index in [9.17, 15) is 5.11 Å². The van der Waals surface area contributed by atoms with Crippen molar-refractivity contribution in [1.82, 2.24) is 9.97 Å². The van der Waals surface area contributed by atoms with E-state index in [1.165, 1.54) is 0 Å². The van der Waals surface area contributed by atoms with Gasteiger partial charge in [-0.3, -0.25) is 0 Å². The number of ether oxygens (including phenoxy) is 2. The Morgan fingerprint density at radius 1 is 1.39 bits per heavy atom. The first-order valence-electron chi connectivity index (χ1n) is 5.93. The molecule has 2 N–H and O–H groups in total. The molecule has 6 heteroatoms. The van der Waals surface area contributed by atoms with Crippen molar-refractivity contribution < 1.29 is 14.6 Å². The summed E-state index contributed by atoms with van der Waals surface area (Å²) in [5, 5.41) is 12.2. The number of nitrogens with zero attached hydrogens (tertiary/aromatic N) is 2. The minimum Gasteiger partial charge on any atom is -0.475 e. The Morgan fingerprint density at radius 3 is 2.67 bits per heavy atom. The summed E-state index contributed by atoms with van der Waals surface area (Å²) in [6.07, 6.45) is 0.0553. The predicted molar refractivity (Wildman–Crippen MR) is 68.9 cm³/mol. The van der Waals surface area contributed by atoms with Gasteiger partial charge in [-0.15, -0.1) is 0 Å². The van der Waals surface area contributed by atoms with Gasteiger partial charge in [-0.1, -0.05) is 0 Å². The summed E-state index contributed by atoms with van der Waals surface area (Å²) < 4.78 is 10.5. The van der Waals surface area contributed by atoms with Crippen molar-refractivity contribution in [1.29, 1.82) is 0 Å². The van der Waals surface area contributed by atoms with Crippen molar-refractivity contribution in [2.75, 3.05) is 25.6 Å². The maximum absolute atomic E-state index is 9.17. The Bertz CT molecular complexity index is 372. The van der Waals surface area contributed by atoms with Gasteiger partial charge >= 0.3 is 0 Å². The summed E-state index contributed by atoms with van der Waals surface area (Å²) in [7, 11) is 1.58. The van der Waals surface area contributed by atoms with Gasteiger partial charge in [-0.05, 0) is 20.8 Å². The predicted octanol–water partition coefficient (Wildman–Crippen LogP) is 0.991. The normalized spacial score (nSPS) is 12.6. The monoisotopic (exact) mass is 255 g/mol. The lowest BCUT2D eigenvalue weighted by Gasteiger charge is -2.16. The van der Waals surface area contributed by atoms with Gasteiger partial charge in [0, 0.05) is 18.9 Å². The fourth-order valence-corrected chi connectivity index (χ4v) is 1.43. The average Bonchev–Trinajstić information content (AvgIpc) is 2.26. The van der Waals surface area contributed by atoms with Crippen molar-refractivity contribution in [3.63, 3.8) is 0 Å². The minimum atomic E-state index is -0.233. The third-order valence-electron chi connectivity index (χ3n) is 2.11. The zero-order valence-electron chi connectivity index (χ0n) is 11.3. The second-order valence-corrected chi connectivity index (χ2v) is 4.32. The van der Waals surface area contributed by atoms with Crippen molar-refractivity contribution in [3.05, 3.63) is 11.8 Å². The van der Waals surface area contributed by atoms with Crippen LogP contribution in [-0.4, -0.2) is 47.5 Å². The van der Waals surface area contributed by atoms with Crippen molar-refractivity contribution in [2.24, 2.45) is 0 Å². The summed E-state index contributed by atoms with van der Waals surface area (Å²) in [5.41, 5.74) is 0.803. The molecule has 1 aromatic heterocycles. The Kier molecular flexibility index (Phi) is 5.80. The molecule has 0 aliphatic rings. The summed E-state index contributed by atoms with van der Waals surface area (Å²) in [6, 6.07) is 1.54. The van der Waals surface area contributed by atoms with Crippen LogP contribution in [0.4, 0.5) is 5.95 Å². The molecule has 0 bridgehead atoms. The molecule has 0 aromatic carbocycles. The molecule has 0 amide bonds. The molecule has 1 atom stereocenters. The van der Waals surface area contributed by atoms with Crippen LogP contribution < -0.4 is 10.1 Å². The Hall–Kier alpha value is -1.40. The van der Waals surface area contributed by atoms with E-state index in [0.717, 1.165) is 5.69 Å². The van der Waals surface area contributed by atoms with Crippen LogP contribution in [0, 0.1) is 6.92 Å². The first-order valence-corrected chi connectivity index (χ1v) is 5.93. The molecule has 102 valence electrons. The zero-order chi connectivity index (χ0) is 13.5. The van der Waals surface area contributed by atoms with E-state index in [1.54, 1.807) is 13.2 Å². The van der Waals surface area contributed by atoms with Crippen molar-refractivity contribution in [2.45, 2.75) is 32.9 Å². The highest BCUT2D eigenvalue weighted by Gasteiger charge is 2.10. The van der Waals surface area contributed by atoms with E-state index >= 15 is 0 Å². The van der Waals surface area contributed by atoms with Crippen LogP contribution in [0.3, 0.4) is 0 Å². The molecule has 0 saturated heterocycles. The molecule has 0 aliphatic carbocycles. The van der Waals surface area contributed by atoms with E-state index in [1.807, 2.05) is 20.8 Å². The third-order valence-corrected chi connectivity index (χ3v) is 2.11. The highest BCUT2D eigenvalue weighted by atomic mass is 16.5. The second kappa shape index (κ2) is 7.13. The van der Waals surface area contributed by atoms with Gasteiger partial charge in [-0.2, -0.15) is 4.98 Å². The van der Waals surface area contributed by atoms with E-state index in [0.29, 0.717) is 18.4 Å². The lowest BCUT2D eigenvalue weighted by Crippen LogP contribution is -2.29. The van der Waals surface area contributed by atoms with Crippen LogP contribution in [0.5, 0.6) is 5.88 Å². The molecule has 18 heavy (non-hydrogen) atoms. The summed E-state index contributed by atoms with van der Waals surface area (Å²) in [4.78, 5) is 8.47. The number of aromatic nitrogens is 2. The second-order valence-electron chi connectivity index (χ2n) is 4.32. The molecule has 1 unspecified atom stereocenters. The van der Waals surface area contributed by atoms with Gasteiger partial charge in [0.05, 0.1) is 25.4 Å². The zero-order valence-corrected chi connectivity index (χ0v) is 11.3. The highest BCUT2D eigenvalue weighted by Crippen LogP contribution is 2.14. The van der Waals surface area contributed by atoms with Crippen LogP contribution in [-0.2, 0) is 4.74 Å². The topological polar surface area (TPSA) is 76.5 Å². The maximum Gasteiger partial charge on any atom is 0.226 e. The average molecular weight is 255 g/mol. The van der Waals surface area contributed by atoms with Crippen LogP contribution in [0.15, 0.2) is 6.07 Å². The largest absolute Gasteiger partial charge is 0.475 e. The summed E-state index contributed by atoms with van der Waals surface area (Å²) in [5.74, 6) is 0.954. The third kappa shape index (κ3) is 4.85. The van der Waals surface area contributed by atoms with Crippen molar-refractivity contribution in [3.8, 4) is 5.88 Å². The molecular formula is C12H21N3O3. The number of anilines is 1. The van der Waals surface area contributed by atoms with Crippen molar-refractivity contribution >= 4 is 5.95 Å². The fraction of sp³-hybridized carbons (Fsp3) is 0.667. The number of methoxy groups -OCH3 is 1. The number of hydrogen-bond donors (Lipinski definition) is 2. The van der Waals surface area contributed by atoms with E-state index in [2.05, 4.69) is 15.3 Å². The lowest BCUT2D eigenvalue weighted by molar-refractivity contribution is 0.153.